The third kappa shape index (κ3) is 5.18. The molecule has 1 aliphatic rings. The van der Waals surface area contributed by atoms with Crippen molar-refractivity contribution in [3.8, 4) is 0 Å². The molecule has 1 fully saturated rings. The second kappa shape index (κ2) is 8.64. The van der Waals surface area contributed by atoms with Crippen molar-refractivity contribution in [2.45, 2.75) is 31.7 Å². The number of carbonyl (C=O) groups is 1. The Hall–Kier alpha value is -1.14. The molecule has 2 N–H and O–H groups in total. The van der Waals surface area contributed by atoms with E-state index in [4.69, 9.17) is 11.6 Å². The SMILES string of the molecule is Cl.O=C(Nc1ncc(Cc2cccc(Cl)c2)s1)C1CCCCN1. The molecule has 0 aliphatic carbocycles. The predicted molar refractivity (Wildman–Crippen MR) is 97.9 cm³/mol. The second-order valence-electron chi connectivity index (χ2n) is 5.43. The number of nitrogens with one attached hydrogen (secondary N) is 2. The van der Waals surface area contributed by atoms with Gasteiger partial charge in [0.25, 0.3) is 0 Å². The number of thiazole rings is 1. The Morgan fingerprint density at radius 2 is 2.30 bits per heavy atom. The zero-order valence-corrected chi connectivity index (χ0v) is 14.9. The molecule has 1 atom stereocenters. The molecular weight excluding hydrogens is 353 g/mol. The first-order chi connectivity index (χ1) is 10.7. The number of carbonyl (C=O) groups excluding carboxylic acids is 1. The fraction of sp³-hybridized carbons (Fsp3) is 0.375. The lowest BCUT2D eigenvalue weighted by atomic mass is 10.0. The van der Waals surface area contributed by atoms with Gasteiger partial charge in [0.2, 0.25) is 5.91 Å². The molecule has 3 rings (SSSR count). The molecule has 0 bridgehead atoms. The van der Waals surface area contributed by atoms with Crippen LogP contribution in [0, 0.1) is 0 Å². The van der Waals surface area contributed by atoms with Crippen molar-refractivity contribution in [1.82, 2.24) is 10.3 Å². The Morgan fingerprint density at radius 1 is 1.43 bits per heavy atom. The molecule has 124 valence electrons. The highest BCUT2D eigenvalue weighted by atomic mass is 35.5. The predicted octanol–water partition coefficient (Wildman–Crippen LogP) is 3.89. The molecule has 1 saturated heterocycles. The fourth-order valence-electron chi connectivity index (χ4n) is 2.56. The molecule has 2 heterocycles. The van der Waals surface area contributed by atoms with E-state index in [2.05, 4.69) is 15.6 Å². The number of rotatable bonds is 4. The monoisotopic (exact) mass is 371 g/mol. The summed E-state index contributed by atoms with van der Waals surface area (Å²) in [6.07, 6.45) is 5.73. The van der Waals surface area contributed by atoms with Gasteiger partial charge in [-0.3, -0.25) is 4.79 Å². The number of benzene rings is 1. The van der Waals surface area contributed by atoms with E-state index >= 15 is 0 Å². The molecule has 0 radical (unpaired) electrons. The number of halogens is 2. The molecule has 1 aromatic carbocycles. The number of nitrogens with zero attached hydrogens (tertiary/aromatic N) is 1. The average molecular weight is 372 g/mol. The van der Waals surface area contributed by atoms with Crippen LogP contribution in [0.5, 0.6) is 0 Å². The fourth-order valence-corrected chi connectivity index (χ4v) is 3.63. The molecule has 1 amide bonds. The zero-order chi connectivity index (χ0) is 15.4. The van der Waals surface area contributed by atoms with E-state index < -0.39 is 0 Å². The minimum atomic E-state index is -0.0889. The van der Waals surface area contributed by atoms with Crippen LogP contribution in [0.15, 0.2) is 30.5 Å². The van der Waals surface area contributed by atoms with E-state index in [0.717, 1.165) is 47.7 Å². The van der Waals surface area contributed by atoms with Crippen molar-refractivity contribution in [2.24, 2.45) is 0 Å². The van der Waals surface area contributed by atoms with Crippen LogP contribution in [0.25, 0.3) is 0 Å². The molecule has 2 aromatic rings. The summed E-state index contributed by atoms with van der Waals surface area (Å²) in [5, 5.41) is 7.55. The standard InChI is InChI=1S/C16H18ClN3OS.ClH/c17-12-5-3-4-11(8-12)9-13-10-19-16(22-13)20-15(21)14-6-1-2-7-18-14;/h3-5,8,10,14,18H,1-2,6-7,9H2,(H,19,20,21);1H. The Balaban J connectivity index is 0.00000192. The lowest BCUT2D eigenvalue weighted by molar-refractivity contribution is -0.118. The first-order valence-corrected chi connectivity index (χ1v) is 8.63. The van der Waals surface area contributed by atoms with Gasteiger partial charge in [0.1, 0.15) is 0 Å². The minimum Gasteiger partial charge on any atom is -0.306 e. The number of anilines is 1. The van der Waals surface area contributed by atoms with Crippen LogP contribution < -0.4 is 10.6 Å². The van der Waals surface area contributed by atoms with E-state index in [0.29, 0.717) is 5.13 Å². The Morgan fingerprint density at radius 3 is 3.04 bits per heavy atom. The average Bonchev–Trinajstić information content (AvgIpc) is 2.95. The van der Waals surface area contributed by atoms with E-state index in [1.54, 1.807) is 0 Å². The first kappa shape index (κ1) is 18.2. The van der Waals surface area contributed by atoms with Gasteiger partial charge >= 0.3 is 0 Å². The molecule has 0 saturated carbocycles. The van der Waals surface area contributed by atoms with E-state index in [-0.39, 0.29) is 24.4 Å². The van der Waals surface area contributed by atoms with Crippen LogP contribution in [0.4, 0.5) is 5.13 Å². The van der Waals surface area contributed by atoms with Crippen molar-refractivity contribution in [1.29, 1.82) is 0 Å². The Bertz CT molecular complexity index is 656. The maximum atomic E-state index is 12.2. The van der Waals surface area contributed by atoms with E-state index in [9.17, 15) is 4.79 Å². The first-order valence-electron chi connectivity index (χ1n) is 7.44. The van der Waals surface area contributed by atoms with Crippen LogP contribution in [-0.4, -0.2) is 23.5 Å². The minimum absolute atomic E-state index is 0. The van der Waals surface area contributed by atoms with Crippen molar-refractivity contribution < 1.29 is 4.79 Å². The molecule has 4 nitrogen and oxygen atoms in total. The van der Waals surface area contributed by atoms with Crippen LogP contribution >= 0.6 is 35.3 Å². The third-order valence-corrected chi connectivity index (χ3v) is 4.83. The van der Waals surface area contributed by atoms with Crippen molar-refractivity contribution in [2.75, 3.05) is 11.9 Å². The number of hydrogen-bond acceptors (Lipinski definition) is 4. The summed E-state index contributed by atoms with van der Waals surface area (Å²) in [4.78, 5) is 17.6. The highest BCUT2D eigenvalue weighted by molar-refractivity contribution is 7.15. The third-order valence-electron chi connectivity index (χ3n) is 3.68. The quantitative estimate of drug-likeness (QED) is 0.856. The summed E-state index contributed by atoms with van der Waals surface area (Å²) in [7, 11) is 0. The highest BCUT2D eigenvalue weighted by Crippen LogP contribution is 2.23. The summed E-state index contributed by atoms with van der Waals surface area (Å²) in [6.45, 7) is 0.913. The van der Waals surface area contributed by atoms with Gasteiger partial charge in [-0.15, -0.1) is 23.7 Å². The summed E-state index contributed by atoms with van der Waals surface area (Å²) in [6, 6.07) is 7.70. The molecule has 7 heteroatoms. The number of hydrogen-bond donors (Lipinski definition) is 2. The van der Waals surface area contributed by atoms with Crippen LogP contribution in [0.2, 0.25) is 5.02 Å². The van der Waals surface area contributed by atoms with Gasteiger partial charge < -0.3 is 10.6 Å². The zero-order valence-electron chi connectivity index (χ0n) is 12.5. The summed E-state index contributed by atoms with van der Waals surface area (Å²) in [5.74, 6) is 0.0170. The van der Waals surface area contributed by atoms with Crippen molar-refractivity contribution >= 4 is 46.4 Å². The topological polar surface area (TPSA) is 54.0 Å². The van der Waals surface area contributed by atoms with Crippen molar-refractivity contribution in [3.05, 3.63) is 45.9 Å². The maximum Gasteiger partial charge on any atom is 0.243 e. The smallest absolute Gasteiger partial charge is 0.243 e. The summed E-state index contributed by atoms with van der Waals surface area (Å²) < 4.78 is 0. The van der Waals surface area contributed by atoms with Gasteiger partial charge in [0.15, 0.2) is 5.13 Å². The lowest BCUT2D eigenvalue weighted by Crippen LogP contribution is -2.43. The maximum absolute atomic E-state index is 12.2. The van der Waals surface area contributed by atoms with E-state index in [1.807, 2.05) is 30.5 Å². The largest absolute Gasteiger partial charge is 0.306 e. The normalized spacial score (nSPS) is 17.3. The van der Waals surface area contributed by atoms with Crippen LogP contribution in [-0.2, 0) is 11.2 Å². The number of piperidine rings is 1. The molecular formula is C16H19Cl2N3OS. The molecule has 1 unspecified atom stereocenters. The number of amides is 1. The van der Waals surface area contributed by atoms with Gasteiger partial charge in [0.05, 0.1) is 6.04 Å². The Kier molecular flexibility index (Phi) is 6.84. The molecule has 1 aliphatic heterocycles. The van der Waals surface area contributed by atoms with E-state index in [1.165, 1.54) is 11.3 Å². The second-order valence-corrected chi connectivity index (χ2v) is 6.98. The lowest BCUT2D eigenvalue weighted by Gasteiger charge is -2.21. The van der Waals surface area contributed by atoms with Crippen LogP contribution in [0.3, 0.4) is 0 Å². The Labute approximate surface area is 151 Å². The summed E-state index contributed by atoms with van der Waals surface area (Å²) >= 11 is 7.51. The number of aromatic nitrogens is 1. The van der Waals surface area contributed by atoms with Crippen molar-refractivity contribution in [3.63, 3.8) is 0 Å². The van der Waals surface area contributed by atoms with Gasteiger partial charge in [-0.2, -0.15) is 0 Å². The molecule has 0 spiro atoms. The van der Waals surface area contributed by atoms with Gasteiger partial charge in [-0.05, 0) is 37.1 Å². The van der Waals surface area contributed by atoms with Crippen LogP contribution in [0.1, 0.15) is 29.7 Å². The van der Waals surface area contributed by atoms with Gasteiger partial charge in [0, 0.05) is 22.5 Å². The van der Waals surface area contributed by atoms with Gasteiger partial charge in [-0.1, -0.05) is 30.2 Å². The molecule has 23 heavy (non-hydrogen) atoms. The highest BCUT2D eigenvalue weighted by Gasteiger charge is 2.21. The van der Waals surface area contributed by atoms with Gasteiger partial charge in [-0.25, -0.2) is 4.98 Å². The molecule has 1 aromatic heterocycles. The summed E-state index contributed by atoms with van der Waals surface area (Å²) in [5.41, 5.74) is 1.14.